The first-order valence-corrected chi connectivity index (χ1v) is 32.7. The van der Waals surface area contributed by atoms with Crippen molar-refractivity contribution < 1.29 is 119 Å². The molecule has 4 amide bonds. The van der Waals surface area contributed by atoms with Crippen LogP contribution in [-0.4, -0.2) is 253 Å². The zero-order valence-corrected chi connectivity index (χ0v) is 56.7. The number of carbonyl (C=O) groups excluding carboxylic acids is 6. The van der Waals surface area contributed by atoms with E-state index in [1.54, 1.807) is 0 Å². The predicted molar refractivity (Wildman–Crippen MR) is 333 cm³/mol. The maximum atomic E-state index is 13.6. The first kappa shape index (κ1) is 80.3. The summed E-state index contributed by atoms with van der Waals surface area (Å²) in [6.07, 6.45) is -2.13. The summed E-state index contributed by atoms with van der Waals surface area (Å²) < 4.78 is 107. The van der Waals surface area contributed by atoms with Gasteiger partial charge in [0, 0.05) is 58.6 Å². The van der Waals surface area contributed by atoms with E-state index in [1.165, 1.54) is 46.8 Å². The summed E-state index contributed by atoms with van der Waals surface area (Å²) in [6, 6.07) is 1.30. The molecule has 3 saturated heterocycles. The van der Waals surface area contributed by atoms with Gasteiger partial charge in [-0.2, -0.15) is 0 Å². The molecule has 0 unspecified atom stereocenters. The molecule has 15 atom stereocenters. The summed E-state index contributed by atoms with van der Waals surface area (Å²) in [5, 5.41) is 20.6. The van der Waals surface area contributed by atoms with E-state index in [1.807, 2.05) is 27.7 Å². The third-order valence-electron chi connectivity index (χ3n) is 15.8. The standard InChI is InChI=1S/C64H108N4O25/c1-13-50-40(4)41(5)55(66-44(8)70)62(91-50)86-35-29-80-23-20-77-26-32-83-53-38-49(61(75)65-16-18-76-19-17-69)39-54(84-33-27-78-21-24-81-30-36-87-63-56(67-45(9)71)58(89-47(11)73)42(6)51(14-2)92-63)60(53)85-34-28-79-22-25-82-31-37-88-64-57(68-46(10)72)59(90-48(12)74)43(7)52(15-3)93-64/h38-43,50-52,55-59,62-64,69H,13-37H2,1-12H3,(H,65,75)(H,66,70)(H,67,71)(H,68,72)/t40-,41+,42+,43+,50-,51-,52-,55-,56-,57-,58+,59+,62-,63-,64-/m1/s1. The van der Waals surface area contributed by atoms with Gasteiger partial charge in [0.1, 0.15) is 44.1 Å². The summed E-state index contributed by atoms with van der Waals surface area (Å²) in [5.41, 5.74) is 0.185. The van der Waals surface area contributed by atoms with Gasteiger partial charge in [0.25, 0.3) is 5.91 Å². The maximum absolute atomic E-state index is 13.6. The van der Waals surface area contributed by atoms with Crippen molar-refractivity contribution in [3.63, 3.8) is 0 Å². The molecule has 5 N–H and O–H groups in total. The molecule has 3 aliphatic heterocycles. The minimum atomic E-state index is -0.883. The van der Waals surface area contributed by atoms with Crippen LogP contribution < -0.4 is 35.5 Å². The van der Waals surface area contributed by atoms with E-state index in [2.05, 4.69) is 42.0 Å². The van der Waals surface area contributed by atoms with Crippen molar-refractivity contribution >= 4 is 35.6 Å². The van der Waals surface area contributed by atoms with Gasteiger partial charge in [0.05, 0.1) is 143 Å². The molecule has 534 valence electrons. The van der Waals surface area contributed by atoms with Gasteiger partial charge in [0.15, 0.2) is 30.4 Å². The average Bonchev–Trinajstić information content (AvgIpc) is 0.856. The number of amides is 4. The maximum Gasteiger partial charge on any atom is 0.302 e. The quantitative estimate of drug-likeness (QED) is 0.0462. The van der Waals surface area contributed by atoms with Gasteiger partial charge in [-0.3, -0.25) is 28.8 Å². The molecule has 0 saturated carbocycles. The average molecular weight is 1330 g/mol. The van der Waals surface area contributed by atoms with Gasteiger partial charge < -0.3 is 112 Å². The van der Waals surface area contributed by atoms with E-state index in [4.69, 9.17) is 90.4 Å². The van der Waals surface area contributed by atoms with Crippen LogP contribution in [0.2, 0.25) is 0 Å². The molecule has 93 heavy (non-hydrogen) atoms. The van der Waals surface area contributed by atoms with E-state index >= 15 is 0 Å². The number of aliphatic hydroxyl groups is 1. The zero-order chi connectivity index (χ0) is 68.1. The Labute approximate surface area is 548 Å². The molecule has 29 heteroatoms. The molecule has 0 aromatic heterocycles. The Morgan fingerprint density at radius 3 is 1.12 bits per heavy atom. The number of hydrogen-bond donors (Lipinski definition) is 5. The van der Waals surface area contributed by atoms with E-state index in [0.29, 0.717) is 12.8 Å². The summed E-state index contributed by atoms with van der Waals surface area (Å²) in [7, 11) is 0. The molecule has 0 bridgehead atoms. The van der Waals surface area contributed by atoms with Crippen LogP contribution in [0.1, 0.15) is 113 Å². The number of benzene rings is 1. The van der Waals surface area contributed by atoms with Crippen molar-refractivity contribution in [1.82, 2.24) is 21.3 Å². The lowest BCUT2D eigenvalue weighted by Crippen LogP contribution is -2.62. The number of ether oxygens (including phenoxy) is 18. The molecule has 0 aliphatic carbocycles. The monoisotopic (exact) mass is 1330 g/mol. The molecular weight excluding hydrogens is 1220 g/mol. The fourth-order valence-corrected chi connectivity index (χ4v) is 11.1. The molecule has 0 spiro atoms. The van der Waals surface area contributed by atoms with Gasteiger partial charge in [0.2, 0.25) is 23.5 Å². The fraction of sp³-hybridized carbons (Fsp3) is 0.812. The SMILES string of the molecule is CC[C@H]1O[C@@H](OCCOCCOCCOc2cc(C(=O)NCCOCCO)cc(OCCOCCOCCO[C@@H]3O[C@H](CC)[C@H](C)[C@H](OC(C)=O)[C@H]3NC(C)=O)c2OCCOCCOCCO[C@@H]2O[C@H](CC)[C@H](C)[C@H](OC(C)=O)[C@H]2NC(C)=O)[C@H](NC(C)=O)[C@@H](C)[C@H]1C. The molecule has 3 fully saturated rings. The second-order valence-electron chi connectivity index (χ2n) is 22.8. The molecule has 1 aromatic carbocycles. The van der Waals surface area contributed by atoms with Crippen molar-refractivity contribution in [1.29, 1.82) is 0 Å². The van der Waals surface area contributed by atoms with Crippen LogP contribution in [0, 0.1) is 23.7 Å². The van der Waals surface area contributed by atoms with Gasteiger partial charge >= 0.3 is 11.9 Å². The van der Waals surface area contributed by atoms with Crippen LogP contribution in [0.25, 0.3) is 0 Å². The van der Waals surface area contributed by atoms with Crippen molar-refractivity contribution in [2.45, 2.75) is 170 Å². The van der Waals surface area contributed by atoms with Crippen LogP contribution in [0.4, 0.5) is 0 Å². The highest BCUT2D eigenvalue weighted by molar-refractivity contribution is 5.95. The number of rotatable bonds is 47. The lowest BCUT2D eigenvalue weighted by molar-refractivity contribution is -0.256. The summed E-state index contributed by atoms with van der Waals surface area (Å²) in [6.45, 7) is 23.9. The topological polar surface area (TPSA) is 337 Å². The smallest absolute Gasteiger partial charge is 0.302 e. The highest BCUT2D eigenvalue weighted by Crippen LogP contribution is 2.40. The Balaban J connectivity index is 1.35. The molecule has 29 nitrogen and oxygen atoms in total. The van der Waals surface area contributed by atoms with Gasteiger partial charge in [-0.05, 0) is 43.2 Å². The van der Waals surface area contributed by atoms with Crippen molar-refractivity contribution in [3.8, 4) is 17.2 Å². The largest absolute Gasteiger partial charge is 0.487 e. The zero-order valence-electron chi connectivity index (χ0n) is 56.7. The Bertz CT molecular complexity index is 2330. The van der Waals surface area contributed by atoms with Crippen molar-refractivity contribution in [2.75, 3.05) is 145 Å². The van der Waals surface area contributed by atoms with Gasteiger partial charge in [-0.25, -0.2) is 0 Å². The summed E-state index contributed by atoms with van der Waals surface area (Å²) >= 11 is 0. The first-order valence-electron chi connectivity index (χ1n) is 32.7. The Hall–Kier alpha value is -5.12. The van der Waals surface area contributed by atoms with E-state index in [0.717, 1.165) is 6.42 Å². The number of esters is 2. The number of carbonyl (C=O) groups is 6. The molecule has 3 heterocycles. The lowest BCUT2D eigenvalue weighted by Gasteiger charge is -2.44. The number of hydrogen-bond acceptors (Lipinski definition) is 25. The van der Waals surface area contributed by atoms with Crippen LogP contribution >= 0.6 is 0 Å². The predicted octanol–water partition coefficient (Wildman–Crippen LogP) is 3.04. The van der Waals surface area contributed by atoms with E-state index in [9.17, 15) is 28.8 Å². The van der Waals surface area contributed by atoms with Crippen LogP contribution in [0.3, 0.4) is 0 Å². The highest BCUT2D eigenvalue weighted by atomic mass is 16.7. The minimum absolute atomic E-state index is 0.00244. The Morgan fingerprint density at radius 1 is 0.419 bits per heavy atom. The number of aliphatic hydroxyl groups excluding tert-OH is 1. The third kappa shape index (κ3) is 29.0. The molecule has 1 aromatic rings. The normalized spacial score (nSPS) is 26.1. The van der Waals surface area contributed by atoms with Crippen molar-refractivity contribution in [2.24, 2.45) is 23.7 Å². The van der Waals surface area contributed by atoms with E-state index in [-0.39, 0.29) is 234 Å². The molecular formula is C64H108N4O25. The third-order valence-corrected chi connectivity index (χ3v) is 15.8. The van der Waals surface area contributed by atoms with Crippen LogP contribution in [0.5, 0.6) is 17.2 Å². The fourth-order valence-electron chi connectivity index (χ4n) is 11.1. The Kier molecular flexibility index (Phi) is 39.2. The lowest BCUT2D eigenvalue weighted by atomic mass is 9.81. The van der Waals surface area contributed by atoms with Crippen LogP contribution in [0.15, 0.2) is 12.1 Å². The second-order valence-corrected chi connectivity index (χ2v) is 22.8. The van der Waals surface area contributed by atoms with E-state index < -0.39 is 61.0 Å². The van der Waals surface area contributed by atoms with Gasteiger partial charge in [-0.1, -0.05) is 48.5 Å². The summed E-state index contributed by atoms with van der Waals surface area (Å²) in [5.74, 6) is -1.70. The molecule has 4 rings (SSSR count). The van der Waals surface area contributed by atoms with Crippen LogP contribution in [-0.2, 0) is 95.0 Å². The molecule has 3 aliphatic rings. The number of nitrogens with one attached hydrogen (secondary N) is 4. The summed E-state index contributed by atoms with van der Waals surface area (Å²) in [4.78, 5) is 74.0. The Morgan fingerprint density at radius 2 is 0.753 bits per heavy atom. The van der Waals surface area contributed by atoms with Gasteiger partial charge in [-0.15, -0.1) is 0 Å². The van der Waals surface area contributed by atoms with Crippen molar-refractivity contribution in [3.05, 3.63) is 17.7 Å². The first-order chi connectivity index (χ1) is 44.7. The highest BCUT2D eigenvalue weighted by Gasteiger charge is 2.48. The second kappa shape index (κ2) is 45.3. The minimum Gasteiger partial charge on any atom is -0.487 e. The molecule has 0 radical (unpaired) electrons.